The molecule has 1 rings (SSSR count). The van der Waals surface area contributed by atoms with Gasteiger partial charge in [-0.2, -0.15) is 0 Å². The molecule has 0 aliphatic rings. The molecule has 0 saturated carbocycles. The highest BCUT2D eigenvalue weighted by atomic mass is 127. The second kappa shape index (κ2) is 15.3. The largest absolute Gasteiger partial charge is 0.491 e. The minimum absolute atomic E-state index is 0. The number of aliphatic imine (C=N–C) groups is 1. The number of unbranched alkanes of at least 4 members (excludes halogenated alkanes) is 2. The van der Waals surface area contributed by atoms with Gasteiger partial charge in [0.2, 0.25) is 0 Å². The molecular weight excluding hydrogens is 429 g/mol. The maximum Gasteiger partial charge on any atom is 0.191 e. The summed E-state index contributed by atoms with van der Waals surface area (Å²) >= 11 is 0. The van der Waals surface area contributed by atoms with E-state index < -0.39 is 0 Å². The van der Waals surface area contributed by atoms with Crippen LogP contribution in [0.2, 0.25) is 0 Å². The number of nitrogens with one attached hydrogen (secondary N) is 2. The topological polar surface area (TPSA) is 54.9 Å². The van der Waals surface area contributed by atoms with E-state index in [-0.39, 0.29) is 24.0 Å². The summed E-state index contributed by atoms with van der Waals surface area (Å²) in [7, 11) is 1.80. The van der Waals surface area contributed by atoms with E-state index in [1.807, 2.05) is 6.92 Å². The Morgan fingerprint density at radius 3 is 2.60 bits per heavy atom. The lowest BCUT2D eigenvalue weighted by molar-refractivity contribution is 0.110. The van der Waals surface area contributed by atoms with Crippen molar-refractivity contribution < 1.29 is 9.47 Å². The van der Waals surface area contributed by atoms with Crippen LogP contribution >= 0.6 is 24.0 Å². The zero-order chi connectivity index (χ0) is 17.6. The lowest BCUT2D eigenvalue weighted by atomic mass is 10.1. The molecule has 5 nitrogen and oxygen atoms in total. The summed E-state index contributed by atoms with van der Waals surface area (Å²) in [6.07, 6.45) is 3.62. The van der Waals surface area contributed by atoms with Crippen molar-refractivity contribution in [2.45, 2.75) is 46.6 Å². The van der Waals surface area contributed by atoms with Crippen LogP contribution in [0.1, 0.15) is 44.2 Å². The Morgan fingerprint density at radius 1 is 1.12 bits per heavy atom. The van der Waals surface area contributed by atoms with Crippen LogP contribution in [0, 0.1) is 6.92 Å². The molecule has 2 N–H and O–H groups in total. The van der Waals surface area contributed by atoms with Gasteiger partial charge in [-0.25, -0.2) is 0 Å². The molecule has 0 heterocycles. The molecule has 0 aliphatic carbocycles. The molecule has 6 heteroatoms. The Balaban J connectivity index is 0.00000576. The molecule has 25 heavy (non-hydrogen) atoms. The summed E-state index contributed by atoms with van der Waals surface area (Å²) in [5, 5.41) is 6.70. The van der Waals surface area contributed by atoms with Gasteiger partial charge in [0.1, 0.15) is 12.4 Å². The monoisotopic (exact) mass is 463 g/mol. The quantitative estimate of drug-likeness (QED) is 0.226. The number of aryl methyl sites for hydroxylation is 1. The highest BCUT2D eigenvalue weighted by molar-refractivity contribution is 14.0. The summed E-state index contributed by atoms with van der Waals surface area (Å²) in [6, 6.07) is 6.27. The molecule has 0 atom stereocenters. The number of benzene rings is 1. The zero-order valence-electron chi connectivity index (χ0n) is 16.1. The van der Waals surface area contributed by atoms with E-state index in [1.165, 1.54) is 18.4 Å². The molecule has 0 spiro atoms. The Kier molecular flexibility index (Phi) is 14.6. The van der Waals surface area contributed by atoms with E-state index in [1.54, 1.807) is 7.05 Å². The SMILES string of the molecule is CCCCCNC(=NC)NCc1ccc(C)cc1OCCOCC.I. The Hall–Kier alpha value is -1.02. The Labute approximate surface area is 170 Å². The maximum atomic E-state index is 5.87. The van der Waals surface area contributed by atoms with Crippen molar-refractivity contribution in [3.8, 4) is 5.75 Å². The molecule has 1 aromatic carbocycles. The van der Waals surface area contributed by atoms with Crippen LogP contribution in [0.5, 0.6) is 5.75 Å². The predicted molar refractivity (Wildman–Crippen MR) is 116 cm³/mol. The molecule has 0 radical (unpaired) electrons. The van der Waals surface area contributed by atoms with E-state index >= 15 is 0 Å². The van der Waals surface area contributed by atoms with Crippen LogP contribution in [0.15, 0.2) is 23.2 Å². The highest BCUT2D eigenvalue weighted by Gasteiger charge is 2.06. The van der Waals surface area contributed by atoms with Crippen LogP contribution in [0.3, 0.4) is 0 Å². The third-order valence-electron chi connectivity index (χ3n) is 3.65. The number of rotatable bonds is 11. The van der Waals surface area contributed by atoms with Gasteiger partial charge in [0.25, 0.3) is 0 Å². The first kappa shape index (κ1) is 24.0. The molecule has 0 fully saturated rings. The lowest BCUT2D eigenvalue weighted by Gasteiger charge is -2.15. The molecule has 0 saturated heterocycles. The van der Waals surface area contributed by atoms with Gasteiger partial charge in [-0.15, -0.1) is 24.0 Å². The van der Waals surface area contributed by atoms with Gasteiger partial charge >= 0.3 is 0 Å². The fourth-order valence-electron chi connectivity index (χ4n) is 2.28. The van der Waals surface area contributed by atoms with Crippen molar-refractivity contribution in [3.63, 3.8) is 0 Å². The van der Waals surface area contributed by atoms with Gasteiger partial charge in [0, 0.05) is 32.3 Å². The maximum absolute atomic E-state index is 5.87. The number of hydrogen-bond acceptors (Lipinski definition) is 3. The fourth-order valence-corrected chi connectivity index (χ4v) is 2.28. The van der Waals surface area contributed by atoms with E-state index in [0.29, 0.717) is 26.4 Å². The number of guanidine groups is 1. The summed E-state index contributed by atoms with van der Waals surface area (Å²) in [5.41, 5.74) is 2.31. The zero-order valence-corrected chi connectivity index (χ0v) is 18.4. The first-order valence-electron chi connectivity index (χ1n) is 8.95. The molecule has 1 aromatic rings. The number of halogens is 1. The molecule has 0 aromatic heterocycles. The third-order valence-corrected chi connectivity index (χ3v) is 3.65. The second-order valence-electron chi connectivity index (χ2n) is 5.72. The smallest absolute Gasteiger partial charge is 0.191 e. The Morgan fingerprint density at radius 2 is 1.92 bits per heavy atom. The van der Waals surface area contributed by atoms with Crippen molar-refractivity contribution in [1.29, 1.82) is 0 Å². The molecule has 0 amide bonds. The lowest BCUT2D eigenvalue weighted by Crippen LogP contribution is -2.37. The van der Waals surface area contributed by atoms with Crippen molar-refractivity contribution in [3.05, 3.63) is 29.3 Å². The standard InChI is InChI=1S/C19H33N3O2.HI/c1-5-7-8-11-21-19(20-4)22-15-17-10-9-16(3)14-18(17)24-13-12-23-6-2;/h9-10,14H,5-8,11-13,15H2,1-4H3,(H2,20,21,22);1H. The van der Waals surface area contributed by atoms with E-state index in [2.05, 4.69) is 47.7 Å². The summed E-state index contributed by atoms with van der Waals surface area (Å²) < 4.78 is 11.2. The van der Waals surface area contributed by atoms with Crippen LogP contribution < -0.4 is 15.4 Å². The van der Waals surface area contributed by atoms with Crippen molar-refractivity contribution >= 4 is 29.9 Å². The summed E-state index contributed by atoms with van der Waals surface area (Å²) in [6.45, 7) is 9.77. The third kappa shape index (κ3) is 10.5. The average Bonchev–Trinajstić information content (AvgIpc) is 2.59. The van der Waals surface area contributed by atoms with Crippen LogP contribution in [-0.2, 0) is 11.3 Å². The van der Waals surface area contributed by atoms with Crippen LogP contribution in [-0.4, -0.2) is 39.4 Å². The van der Waals surface area contributed by atoms with E-state index in [9.17, 15) is 0 Å². The fraction of sp³-hybridized carbons (Fsp3) is 0.632. The summed E-state index contributed by atoms with van der Waals surface area (Å²) in [4.78, 5) is 4.27. The molecule has 0 aliphatic heterocycles. The molecule has 0 unspecified atom stereocenters. The Bertz CT molecular complexity index is 496. The number of nitrogens with zero attached hydrogens (tertiary/aromatic N) is 1. The first-order valence-corrected chi connectivity index (χ1v) is 8.95. The minimum Gasteiger partial charge on any atom is -0.491 e. The summed E-state index contributed by atoms with van der Waals surface area (Å²) in [5.74, 6) is 1.73. The first-order chi connectivity index (χ1) is 11.7. The van der Waals surface area contributed by atoms with Crippen molar-refractivity contribution in [1.82, 2.24) is 10.6 Å². The number of ether oxygens (including phenoxy) is 2. The minimum atomic E-state index is 0. The highest BCUT2D eigenvalue weighted by Crippen LogP contribution is 2.20. The van der Waals surface area contributed by atoms with Gasteiger partial charge in [0.05, 0.1) is 6.61 Å². The van der Waals surface area contributed by atoms with Gasteiger partial charge in [-0.05, 0) is 31.9 Å². The van der Waals surface area contributed by atoms with Crippen molar-refractivity contribution in [2.24, 2.45) is 4.99 Å². The van der Waals surface area contributed by atoms with Crippen molar-refractivity contribution in [2.75, 3.05) is 33.4 Å². The van der Waals surface area contributed by atoms with Crippen LogP contribution in [0.25, 0.3) is 0 Å². The van der Waals surface area contributed by atoms with E-state index in [4.69, 9.17) is 9.47 Å². The number of hydrogen-bond donors (Lipinski definition) is 2. The molecule has 0 bridgehead atoms. The van der Waals surface area contributed by atoms with Crippen LogP contribution in [0.4, 0.5) is 0 Å². The van der Waals surface area contributed by atoms with E-state index in [0.717, 1.165) is 30.2 Å². The molecular formula is C19H34IN3O2. The predicted octanol–water partition coefficient (Wildman–Crippen LogP) is 3.88. The normalized spacial score (nSPS) is 11.0. The van der Waals surface area contributed by atoms with Gasteiger partial charge in [-0.1, -0.05) is 31.9 Å². The second-order valence-corrected chi connectivity index (χ2v) is 5.72. The molecule has 144 valence electrons. The van der Waals surface area contributed by atoms with Gasteiger partial charge in [0.15, 0.2) is 5.96 Å². The average molecular weight is 463 g/mol. The van der Waals surface area contributed by atoms with Gasteiger partial charge in [-0.3, -0.25) is 4.99 Å². The van der Waals surface area contributed by atoms with Gasteiger partial charge < -0.3 is 20.1 Å².